The zero-order valence-electron chi connectivity index (χ0n) is 8.53. The molecule has 2 atom stereocenters. The second kappa shape index (κ2) is 6.27. The lowest BCUT2D eigenvalue weighted by atomic mass is 10.3. The van der Waals surface area contributed by atoms with Gasteiger partial charge in [0, 0.05) is 46.0 Å². The Bertz CT molecular complexity index is 274. The van der Waals surface area contributed by atoms with Crippen LogP contribution in [0.2, 0.25) is 0 Å². The van der Waals surface area contributed by atoms with Crippen molar-refractivity contribution >= 4 is 22.1 Å². The molecule has 0 radical (unpaired) electrons. The van der Waals surface area contributed by atoms with Crippen LogP contribution < -0.4 is 5.32 Å². The maximum absolute atomic E-state index is 11.1. The van der Waals surface area contributed by atoms with Gasteiger partial charge >= 0.3 is 0 Å². The van der Waals surface area contributed by atoms with Crippen LogP contribution in [0.5, 0.6) is 0 Å². The van der Waals surface area contributed by atoms with E-state index in [1.165, 1.54) is 4.88 Å². The van der Waals surface area contributed by atoms with E-state index in [1.54, 1.807) is 11.3 Å². The fraction of sp³-hybridized carbons (Fsp3) is 0.667. The van der Waals surface area contributed by atoms with Crippen molar-refractivity contribution in [2.75, 3.05) is 18.1 Å². The Kier molecular flexibility index (Phi) is 5.29. The maximum Gasteiger partial charge on any atom is 0.0794 e. The number of hydrogen-bond donors (Lipinski definition) is 1. The van der Waals surface area contributed by atoms with E-state index in [1.807, 2.05) is 18.6 Å². The Hall–Kier alpha value is -0.260. The monoisotopic (exact) mass is 232 g/mol. The van der Waals surface area contributed by atoms with Crippen LogP contribution in [0.4, 0.5) is 0 Å². The molecule has 5 heteroatoms. The summed E-state index contributed by atoms with van der Waals surface area (Å²) in [5.41, 5.74) is 1.83. The lowest BCUT2D eigenvalue weighted by molar-refractivity contribution is 0.604. The number of rotatable bonds is 6. The lowest BCUT2D eigenvalue weighted by Gasteiger charge is -2.10. The summed E-state index contributed by atoms with van der Waals surface area (Å²) in [5, 5.41) is 3.33. The predicted octanol–water partition coefficient (Wildman–Crippen LogP) is 1.56. The number of nitrogens with zero attached hydrogens (tertiary/aromatic N) is 1. The van der Waals surface area contributed by atoms with Crippen molar-refractivity contribution in [3.63, 3.8) is 0 Å². The first-order valence-corrected chi connectivity index (χ1v) is 7.07. The summed E-state index contributed by atoms with van der Waals surface area (Å²) < 4.78 is 11.1. The van der Waals surface area contributed by atoms with Gasteiger partial charge in [0.05, 0.1) is 5.51 Å². The number of thiazole rings is 1. The van der Waals surface area contributed by atoms with Crippen molar-refractivity contribution < 1.29 is 4.21 Å². The Morgan fingerprint density at radius 1 is 1.71 bits per heavy atom. The largest absolute Gasteiger partial charge is 0.309 e. The third-order valence-corrected chi connectivity index (χ3v) is 4.24. The first-order chi connectivity index (χ1) is 6.74. The molecule has 0 aliphatic carbocycles. The molecule has 2 unspecified atom stereocenters. The number of nitrogens with one attached hydrogen (secondary N) is 1. The summed E-state index contributed by atoms with van der Waals surface area (Å²) in [6.45, 7) is 4.85. The fourth-order valence-corrected chi connectivity index (χ4v) is 2.36. The molecule has 1 rings (SSSR count). The van der Waals surface area contributed by atoms with E-state index in [4.69, 9.17) is 0 Å². The minimum absolute atomic E-state index is 0.316. The van der Waals surface area contributed by atoms with Crippen LogP contribution >= 0.6 is 11.3 Å². The Labute approximate surface area is 91.4 Å². The van der Waals surface area contributed by atoms with Crippen molar-refractivity contribution in [1.29, 1.82) is 0 Å². The smallest absolute Gasteiger partial charge is 0.0794 e. The minimum atomic E-state index is -0.665. The van der Waals surface area contributed by atoms with Crippen LogP contribution in [0, 0.1) is 0 Å². The van der Waals surface area contributed by atoms with Crippen LogP contribution in [-0.4, -0.2) is 27.2 Å². The van der Waals surface area contributed by atoms with Crippen molar-refractivity contribution in [3.8, 4) is 0 Å². The average molecular weight is 232 g/mol. The maximum atomic E-state index is 11.1. The normalized spacial score (nSPS) is 15.3. The summed E-state index contributed by atoms with van der Waals surface area (Å²) >= 11 is 1.65. The van der Waals surface area contributed by atoms with Crippen molar-refractivity contribution in [2.45, 2.75) is 19.9 Å². The molecule has 0 amide bonds. The van der Waals surface area contributed by atoms with Crippen molar-refractivity contribution in [3.05, 3.63) is 16.6 Å². The van der Waals surface area contributed by atoms with E-state index >= 15 is 0 Å². The molecular weight excluding hydrogens is 216 g/mol. The highest BCUT2D eigenvalue weighted by Crippen LogP contribution is 2.15. The lowest BCUT2D eigenvalue weighted by Crippen LogP contribution is -2.23. The highest BCUT2D eigenvalue weighted by Gasteiger charge is 2.05. The zero-order valence-corrected chi connectivity index (χ0v) is 10.2. The second-order valence-electron chi connectivity index (χ2n) is 3.01. The van der Waals surface area contributed by atoms with Crippen LogP contribution in [-0.2, 0) is 10.8 Å². The molecule has 1 heterocycles. The van der Waals surface area contributed by atoms with Gasteiger partial charge in [0.2, 0.25) is 0 Å². The second-order valence-corrected chi connectivity index (χ2v) is 5.80. The van der Waals surface area contributed by atoms with Gasteiger partial charge in [-0.25, -0.2) is 0 Å². The van der Waals surface area contributed by atoms with Crippen LogP contribution in [0.3, 0.4) is 0 Å². The van der Waals surface area contributed by atoms with E-state index in [0.717, 1.165) is 18.1 Å². The molecule has 3 nitrogen and oxygen atoms in total. The van der Waals surface area contributed by atoms with E-state index < -0.39 is 10.8 Å². The first-order valence-electron chi connectivity index (χ1n) is 4.70. The fourth-order valence-electron chi connectivity index (χ4n) is 1.07. The molecule has 0 aromatic carbocycles. The standard InChI is InChI=1S/C9H16N2OS2/c1-3-14(12)5-4-11-8(2)9-6-10-7-13-9/h6-8,11H,3-5H2,1-2H3. The third-order valence-electron chi connectivity index (χ3n) is 1.98. The Morgan fingerprint density at radius 3 is 3.07 bits per heavy atom. The molecule has 1 N–H and O–H groups in total. The van der Waals surface area contributed by atoms with Crippen molar-refractivity contribution in [2.24, 2.45) is 0 Å². The van der Waals surface area contributed by atoms with E-state index in [0.29, 0.717) is 6.04 Å². The van der Waals surface area contributed by atoms with E-state index in [-0.39, 0.29) is 0 Å². The molecule has 14 heavy (non-hydrogen) atoms. The number of hydrogen-bond acceptors (Lipinski definition) is 4. The molecule has 0 aliphatic heterocycles. The highest BCUT2D eigenvalue weighted by molar-refractivity contribution is 7.84. The molecule has 0 fully saturated rings. The zero-order chi connectivity index (χ0) is 10.4. The molecule has 1 aromatic heterocycles. The molecule has 0 aliphatic rings. The molecular formula is C9H16N2OS2. The topological polar surface area (TPSA) is 42.0 Å². The highest BCUT2D eigenvalue weighted by atomic mass is 32.2. The van der Waals surface area contributed by atoms with Gasteiger partial charge in [-0.1, -0.05) is 6.92 Å². The first kappa shape index (κ1) is 11.8. The van der Waals surface area contributed by atoms with Crippen molar-refractivity contribution in [1.82, 2.24) is 10.3 Å². The van der Waals surface area contributed by atoms with Gasteiger partial charge in [0.15, 0.2) is 0 Å². The summed E-state index contributed by atoms with van der Waals surface area (Å²) in [6, 6.07) is 0.316. The van der Waals surface area contributed by atoms with Gasteiger partial charge in [0.25, 0.3) is 0 Å². The molecule has 1 aromatic rings. The van der Waals surface area contributed by atoms with Gasteiger partial charge < -0.3 is 5.32 Å². The molecule has 80 valence electrons. The summed E-state index contributed by atoms with van der Waals surface area (Å²) in [6.07, 6.45) is 1.87. The van der Waals surface area contributed by atoms with Gasteiger partial charge in [-0.05, 0) is 6.92 Å². The van der Waals surface area contributed by atoms with Crippen LogP contribution in [0.15, 0.2) is 11.7 Å². The van der Waals surface area contributed by atoms with Gasteiger partial charge in [0.1, 0.15) is 0 Å². The Balaban J connectivity index is 2.22. The van der Waals surface area contributed by atoms with Crippen LogP contribution in [0.25, 0.3) is 0 Å². The molecule has 0 bridgehead atoms. The summed E-state index contributed by atoms with van der Waals surface area (Å²) in [4.78, 5) is 5.25. The van der Waals surface area contributed by atoms with Gasteiger partial charge in [-0.15, -0.1) is 11.3 Å². The molecule has 0 spiro atoms. The van der Waals surface area contributed by atoms with Crippen LogP contribution in [0.1, 0.15) is 24.8 Å². The van der Waals surface area contributed by atoms with Gasteiger partial charge in [-0.2, -0.15) is 0 Å². The average Bonchev–Trinajstić information content (AvgIpc) is 2.70. The number of aromatic nitrogens is 1. The summed E-state index contributed by atoms with van der Waals surface area (Å²) in [7, 11) is -0.665. The SMILES string of the molecule is CCS(=O)CCNC(C)c1cncs1. The Morgan fingerprint density at radius 2 is 2.50 bits per heavy atom. The predicted molar refractivity (Wildman–Crippen MR) is 62.1 cm³/mol. The van der Waals surface area contributed by atoms with E-state index in [9.17, 15) is 4.21 Å². The molecule has 0 saturated carbocycles. The molecule has 0 saturated heterocycles. The third kappa shape index (κ3) is 3.86. The summed E-state index contributed by atoms with van der Waals surface area (Å²) in [5.74, 6) is 1.48. The quantitative estimate of drug-likeness (QED) is 0.809. The minimum Gasteiger partial charge on any atom is -0.309 e. The van der Waals surface area contributed by atoms with Gasteiger partial charge in [-0.3, -0.25) is 9.19 Å². The van der Waals surface area contributed by atoms with E-state index in [2.05, 4.69) is 17.2 Å².